The number of aryl methyl sites for hydroxylation is 1. The first-order valence-electron chi connectivity index (χ1n) is 5.67. The lowest BCUT2D eigenvalue weighted by Gasteiger charge is -2.05. The Morgan fingerprint density at radius 2 is 2.18 bits per heavy atom. The highest BCUT2D eigenvalue weighted by atomic mass is 16.1. The monoisotopic (exact) mass is 237 g/mol. The van der Waals surface area contributed by atoms with Crippen molar-refractivity contribution >= 4 is 17.6 Å². The number of nitrogens with two attached hydrogens (primary N) is 1. The second kappa shape index (κ2) is 5.47. The van der Waals surface area contributed by atoms with Gasteiger partial charge in [-0.15, -0.1) is 0 Å². The molecule has 0 aliphatic heterocycles. The van der Waals surface area contributed by atoms with Crippen molar-refractivity contribution in [1.29, 1.82) is 5.41 Å². The molecular weight excluding hydrogens is 218 g/mol. The van der Waals surface area contributed by atoms with Crippen LogP contribution in [0, 0.1) is 19.3 Å². The van der Waals surface area contributed by atoms with Crippen LogP contribution in [0.5, 0.6) is 0 Å². The van der Waals surface area contributed by atoms with Crippen LogP contribution >= 0.6 is 0 Å². The molecule has 1 rings (SSSR count). The summed E-state index contributed by atoms with van der Waals surface area (Å²) in [6, 6.07) is 0. The van der Waals surface area contributed by atoms with Crippen molar-refractivity contribution in [3.05, 3.63) is 11.4 Å². The first-order chi connectivity index (χ1) is 7.97. The number of nitrogen functional groups attached to an aromatic ring is 1. The summed E-state index contributed by atoms with van der Waals surface area (Å²) < 4.78 is 1.31. The SMILES string of the molecule is CCCCC(=O)Nc1c(C)nn(C(=N)N)c1C. The molecule has 1 amide bonds. The highest BCUT2D eigenvalue weighted by molar-refractivity contribution is 5.92. The lowest BCUT2D eigenvalue weighted by atomic mass is 10.2. The molecule has 0 aliphatic carbocycles. The van der Waals surface area contributed by atoms with Gasteiger partial charge in [0, 0.05) is 6.42 Å². The number of carbonyl (C=O) groups excluding carboxylic acids is 1. The van der Waals surface area contributed by atoms with E-state index in [2.05, 4.69) is 10.4 Å². The molecule has 6 nitrogen and oxygen atoms in total. The zero-order chi connectivity index (χ0) is 13.0. The topological polar surface area (TPSA) is 96.8 Å². The van der Waals surface area contributed by atoms with Crippen LogP contribution in [0.3, 0.4) is 0 Å². The Morgan fingerprint density at radius 3 is 2.65 bits per heavy atom. The molecule has 0 bridgehead atoms. The Balaban J connectivity index is 2.84. The minimum Gasteiger partial charge on any atom is -0.368 e. The molecule has 0 saturated heterocycles. The number of amides is 1. The molecule has 0 aliphatic rings. The van der Waals surface area contributed by atoms with Crippen LogP contribution < -0.4 is 11.1 Å². The molecule has 0 atom stereocenters. The molecule has 0 saturated carbocycles. The first kappa shape index (κ1) is 13.2. The van der Waals surface area contributed by atoms with Crippen molar-refractivity contribution in [3.8, 4) is 0 Å². The van der Waals surface area contributed by atoms with Crippen molar-refractivity contribution in [3.63, 3.8) is 0 Å². The number of nitrogens with zero attached hydrogens (tertiary/aromatic N) is 2. The fourth-order valence-electron chi connectivity index (χ4n) is 1.60. The van der Waals surface area contributed by atoms with Gasteiger partial charge in [0.25, 0.3) is 0 Å². The highest BCUT2D eigenvalue weighted by Crippen LogP contribution is 2.19. The smallest absolute Gasteiger partial charge is 0.224 e. The molecule has 17 heavy (non-hydrogen) atoms. The molecule has 94 valence electrons. The first-order valence-corrected chi connectivity index (χ1v) is 5.67. The van der Waals surface area contributed by atoms with Gasteiger partial charge in [-0.3, -0.25) is 10.2 Å². The van der Waals surface area contributed by atoms with Gasteiger partial charge in [0.2, 0.25) is 11.9 Å². The van der Waals surface area contributed by atoms with Crippen LogP contribution in [0.2, 0.25) is 0 Å². The average molecular weight is 237 g/mol. The third kappa shape index (κ3) is 3.05. The van der Waals surface area contributed by atoms with E-state index < -0.39 is 0 Å². The standard InChI is InChI=1S/C11H19N5O/c1-4-5-6-9(17)14-10-7(2)15-16(8(10)3)11(12)13/h4-6H2,1-3H3,(H3,12,13)(H,14,17). The lowest BCUT2D eigenvalue weighted by molar-refractivity contribution is -0.116. The third-order valence-electron chi connectivity index (χ3n) is 2.54. The Hall–Kier alpha value is -1.85. The van der Waals surface area contributed by atoms with E-state index in [1.807, 2.05) is 6.92 Å². The van der Waals surface area contributed by atoms with Crippen LogP contribution in [0.1, 0.15) is 37.6 Å². The summed E-state index contributed by atoms with van der Waals surface area (Å²) in [5.41, 5.74) is 7.38. The number of rotatable bonds is 4. The summed E-state index contributed by atoms with van der Waals surface area (Å²) in [7, 11) is 0. The van der Waals surface area contributed by atoms with E-state index in [4.69, 9.17) is 11.1 Å². The zero-order valence-corrected chi connectivity index (χ0v) is 10.5. The summed E-state index contributed by atoms with van der Waals surface area (Å²) in [5, 5.41) is 14.3. The second-order valence-corrected chi connectivity index (χ2v) is 3.99. The highest BCUT2D eigenvalue weighted by Gasteiger charge is 2.14. The maximum atomic E-state index is 11.6. The summed E-state index contributed by atoms with van der Waals surface area (Å²) in [6.07, 6.45) is 2.35. The van der Waals surface area contributed by atoms with E-state index in [1.54, 1.807) is 13.8 Å². The number of nitrogens with one attached hydrogen (secondary N) is 2. The normalized spacial score (nSPS) is 10.3. The molecule has 1 aromatic heterocycles. The van der Waals surface area contributed by atoms with E-state index >= 15 is 0 Å². The maximum Gasteiger partial charge on any atom is 0.224 e. The Labute approximate surface area is 101 Å². The molecule has 0 spiro atoms. The van der Waals surface area contributed by atoms with Crippen molar-refractivity contribution in [2.75, 3.05) is 5.32 Å². The van der Waals surface area contributed by atoms with Gasteiger partial charge in [0.15, 0.2) is 0 Å². The average Bonchev–Trinajstić information content (AvgIpc) is 2.54. The van der Waals surface area contributed by atoms with Crippen molar-refractivity contribution in [1.82, 2.24) is 9.78 Å². The summed E-state index contributed by atoms with van der Waals surface area (Å²) in [5.74, 6) is -0.180. The minimum atomic E-state index is -0.153. The maximum absolute atomic E-state index is 11.6. The van der Waals surface area contributed by atoms with Gasteiger partial charge < -0.3 is 11.1 Å². The van der Waals surface area contributed by atoms with Crippen LogP contribution in [0.15, 0.2) is 0 Å². The van der Waals surface area contributed by atoms with E-state index in [1.165, 1.54) is 4.68 Å². The molecule has 4 N–H and O–H groups in total. The lowest BCUT2D eigenvalue weighted by Crippen LogP contribution is -2.23. The molecular formula is C11H19N5O. The van der Waals surface area contributed by atoms with E-state index in [-0.39, 0.29) is 11.9 Å². The summed E-state index contributed by atoms with van der Waals surface area (Å²) >= 11 is 0. The number of hydrogen-bond donors (Lipinski definition) is 3. The molecule has 1 heterocycles. The number of carbonyl (C=O) groups is 1. The predicted octanol–water partition coefficient (Wildman–Crippen LogP) is 1.37. The quantitative estimate of drug-likeness (QED) is 0.545. The van der Waals surface area contributed by atoms with Crippen LogP contribution in [-0.4, -0.2) is 21.6 Å². The molecule has 0 fully saturated rings. The van der Waals surface area contributed by atoms with Gasteiger partial charge in [-0.05, 0) is 20.3 Å². The Kier molecular flexibility index (Phi) is 4.25. The van der Waals surface area contributed by atoms with E-state index in [0.717, 1.165) is 12.8 Å². The van der Waals surface area contributed by atoms with Gasteiger partial charge in [-0.1, -0.05) is 13.3 Å². The van der Waals surface area contributed by atoms with Gasteiger partial charge in [0.05, 0.1) is 17.1 Å². The number of unbranched alkanes of at least 4 members (excludes halogenated alkanes) is 1. The minimum absolute atomic E-state index is 0.0267. The second-order valence-electron chi connectivity index (χ2n) is 3.99. The van der Waals surface area contributed by atoms with Gasteiger partial charge in [0.1, 0.15) is 0 Å². The molecule has 0 aromatic carbocycles. The van der Waals surface area contributed by atoms with Gasteiger partial charge in [-0.25, -0.2) is 4.68 Å². The molecule has 6 heteroatoms. The number of anilines is 1. The van der Waals surface area contributed by atoms with E-state index in [9.17, 15) is 4.79 Å². The fourth-order valence-corrected chi connectivity index (χ4v) is 1.60. The molecule has 0 radical (unpaired) electrons. The number of hydrogen-bond acceptors (Lipinski definition) is 3. The van der Waals surface area contributed by atoms with Gasteiger partial charge >= 0.3 is 0 Å². The summed E-state index contributed by atoms with van der Waals surface area (Å²) in [4.78, 5) is 11.6. The molecule has 0 unspecified atom stereocenters. The van der Waals surface area contributed by atoms with Crippen molar-refractivity contribution in [2.45, 2.75) is 40.0 Å². The van der Waals surface area contributed by atoms with Crippen LogP contribution in [0.25, 0.3) is 0 Å². The molecule has 1 aromatic rings. The summed E-state index contributed by atoms with van der Waals surface area (Å²) in [6.45, 7) is 5.59. The fraction of sp³-hybridized carbons (Fsp3) is 0.545. The third-order valence-corrected chi connectivity index (χ3v) is 2.54. The van der Waals surface area contributed by atoms with Crippen LogP contribution in [0.4, 0.5) is 5.69 Å². The van der Waals surface area contributed by atoms with E-state index in [0.29, 0.717) is 23.5 Å². The van der Waals surface area contributed by atoms with Crippen LogP contribution in [-0.2, 0) is 4.79 Å². The Bertz CT molecular complexity index is 435. The number of aromatic nitrogens is 2. The van der Waals surface area contributed by atoms with Gasteiger partial charge in [-0.2, -0.15) is 5.10 Å². The predicted molar refractivity (Wildman–Crippen MR) is 67.2 cm³/mol. The van der Waals surface area contributed by atoms with Crippen molar-refractivity contribution in [2.24, 2.45) is 5.73 Å². The van der Waals surface area contributed by atoms with Crippen molar-refractivity contribution < 1.29 is 4.79 Å². The Morgan fingerprint density at radius 1 is 1.53 bits per heavy atom. The largest absolute Gasteiger partial charge is 0.368 e. The zero-order valence-electron chi connectivity index (χ0n) is 10.5.